The quantitative estimate of drug-likeness (QED) is 0.851. The van der Waals surface area contributed by atoms with Crippen LogP contribution in [0.15, 0.2) is 18.2 Å². The molecule has 0 heterocycles. The topological polar surface area (TPSA) is 49.6 Å². The van der Waals surface area contributed by atoms with E-state index in [1.807, 2.05) is 49.8 Å². The maximum Gasteiger partial charge on any atom is 0.242 e. The third kappa shape index (κ3) is 3.96. The largest absolute Gasteiger partial charge is 0.365 e. The maximum absolute atomic E-state index is 12.1. The second-order valence-electron chi connectivity index (χ2n) is 4.75. The number of amides is 1. The van der Waals surface area contributed by atoms with Crippen LogP contribution >= 0.6 is 0 Å². The van der Waals surface area contributed by atoms with Crippen LogP contribution in [0.2, 0.25) is 0 Å². The molecule has 1 rings (SSSR count). The molecule has 19 heavy (non-hydrogen) atoms. The molecule has 0 aliphatic heterocycles. The van der Waals surface area contributed by atoms with Crippen LogP contribution < -0.4 is 10.6 Å². The second-order valence-corrected chi connectivity index (χ2v) is 4.75. The molecular formula is C15H25N3O. The van der Waals surface area contributed by atoms with Crippen LogP contribution in [-0.2, 0) is 11.3 Å². The van der Waals surface area contributed by atoms with Gasteiger partial charge < -0.3 is 15.5 Å². The molecule has 1 aromatic carbocycles. The molecule has 0 spiro atoms. The van der Waals surface area contributed by atoms with Crippen molar-refractivity contribution in [2.24, 2.45) is 5.73 Å². The number of rotatable bonds is 6. The Bertz CT molecular complexity index is 427. The van der Waals surface area contributed by atoms with E-state index in [9.17, 15) is 4.79 Å². The monoisotopic (exact) mass is 263 g/mol. The molecule has 0 saturated carbocycles. The number of aryl methyl sites for hydroxylation is 1. The van der Waals surface area contributed by atoms with Crippen molar-refractivity contribution < 1.29 is 4.79 Å². The third-order valence-corrected chi connectivity index (χ3v) is 3.40. The van der Waals surface area contributed by atoms with E-state index < -0.39 is 0 Å². The normalized spacial score (nSPS) is 10.4. The van der Waals surface area contributed by atoms with Gasteiger partial charge in [0.1, 0.15) is 0 Å². The molecule has 0 aliphatic carbocycles. The number of hydrogen-bond acceptors (Lipinski definition) is 3. The van der Waals surface area contributed by atoms with E-state index in [0.29, 0.717) is 13.1 Å². The Morgan fingerprint density at radius 1 is 1.26 bits per heavy atom. The average molecular weight is 263 g/mol. The highest BCUT2D eigenvalue weighted by molar-refractivity contribution is 5.81. The van der Waals surface area contributed by atoms with Crippen molar-refractivity contribution >= 4 is 11.6 Å². The summed E-state index contributed by atoms with van der Waals surface area (Å²) in [5.74, 6) is 0.162. The van der Waals surface area contributed by atoms with Crippen LogP contribution in [0.25, 0.3) is 0 Å². The lowest BCUT2D eigenvalue weighted by Gasteiger charge is -2.25. The zero-order valence-electron chi connectivity index (χ0n) is 12.4. The number of benzene rings is 1. The van der Waals surface area contributed by atoms with Gasteiger partial charge in [-0.2, -0.15) is 0 Å². The molecule has 2 N–H and O–H groups in total. The van der Waals surface area contributed by atoms with E-state index in [1.54, 1.807) is 0 Å². The van der Waals surface area contributed by atoms with Crippen molar-refractivity contribution in [1.29, 1.82) is 0 Å². The van der Waals surface area contributed by atoms with Crippen LogP contribution in [0.5, 0.6) is 0 Å². The van der Waals surface area contributed by atoms with E-state index in [4.69, 9.17) is 5.73 Å². The first-order chi connectivity index (χ1) is 9.03. The molecule has 106 valence electrons. The first-order valence-corrected chi connectivity index (χ1v) is 6.81. The van der Waals surface area contributed by atoms with Gasteiger partial charge in [0.15, 0.2) is 0 Å². The number of anilines is 1. The summed E-state index contributed by atoms with van der Waals surface area (Å²) in [5, 5.41) is 0. The van der Waals surface area contributed by atoms with E-state index >= 15 is 0 Å². The minimum atomic E-state index is 0.162. The van der Waals surface area contributed by atoms with Gasteiger partial charge in [0, 0.05) is 32.4 Å². The molecule has 1 aromatic rings. The summed E-state index contributed by atoms with van der Waals surface area (Å²) in [6.07, 6.45) is 0. The number of carbonyl (C=O) groups is 1. The average Bonchev–Trinajstić information content (AvgIpc) is 2.39. The van der Waals surface area contributed by atoms with Crippen LogP contribution in [0.3, 0.4) is 0 Å². The van der Waals surface area contributed by atoms with Crippen molar-refractivity contribution in [1.82, 2.24) is 4.90 Å². The highest BCUT2D eigenvalue weighted by atomic mass is 16.2. The summed E-state index contributed by atoms with van der Waals surface area (Å²) in [4.78, 5) is 15.9. The lowest BCUT2D eigenvalue weighted by molar-refractivity contribution is -0.129. The van der Waals surface area contributed by atoms with E-state index in [1.165, 1.54) is 0 Å². The smallest absolute Gasteiger partial charge is 0.242 e. The lowest BCUT2D eigenvalue weighted by atomic mass is 10.1. The summed E-state index contributed by atoms with van der Waals surface area (Å²) in [7, 11) is 1.95. The van der Waals surface area contributed by atoms with Gasteiger partial charge >= 0.3 is 0 Å². The van der Waals surface area contributed by atoms with E-state index in [2.05, 4.69) is 6.07 Å². The fourth-order valence-electron chi connectivity index (χ4n) is 2.24. The minimum Gasteiger partial charge on any atom is -0.365 e. The van der Waals surface area contributed by atoms with Gasteiger partial charge in [-0.1, -0.05) is 12.1 Å². The number of nitrogens with two attached hydrogens (primary N) is 1. The van der Waals surface area contributed by atoms with Gasteiger partial charge in [-0.25, -0.2) is 0 Å². The van der Waals surface area contributed by atoms with E-state index in [0.717, 1.165) is 29.9 Å². The molecule has 0 saturated heterocycles. The van der Waals surface area contributed by atoms with E-state index in [-0.39, 0.29) is 5.91 Å². The summed E-state index contributed by atoms with van der Waals surface area (Å²) >= 11 is 0. The lowest BCUT2D eigenvalue weighted by Crippen LogP contribution is -2.39. The zero-order chi connectivity index (χ0) is 14.4. The first kappa shape index (κ1) is 15.5. The highest BCUT2D eigenvalue weighted by Crippen LogP contribution is 2.20. The van der Waals surface area contributed by atoms with Gasteiger partial charge in [0.2, 0.25) is 5.91 Å². The first-order valence-electron chi connectivity index (χ1n) is 6.81. The molecule has 1 amide bonds. The highest BCUT2D eigenvalue weighted by Gasteiger charge is 2.14. The maximum atomic E-state index is 12.1. The summed E-state index contributed by atoms with van der Waals surface area (Å²) in [6, 6.07) is 6.13. The van der Waals surface area contributed by atoms with Gasteiger partial charge in [-0.15, -0.1) is 0 Å². The molecule has 0 atom stereocenters. The molecular weight excluding hydrogens is 238 g/mol. The predicted octanol–water partition coefficient (Wildman–Crippen LogP) is 1.76. The third-order valence-electron chi connectivity index (χ3n) is 3.40. The van der Waals surface area contributed by atoms with Crippen molar-refractivity contribution in [3.63, 3.8) is 0 Å². The summed E-state index contributed by atoms with van der Waals surface area (Å²) in [6.45, 7) is 8.52. The van der Waals surface area contributed by atoms with Crippen molar-refractivity contribution in [3.05, 3.63) is 29.3 Å². The molecule has 0 radical (unpaired) electrons. The molecule has 0 fully saturated rings. The fourth-order valence-corrected chi connectivity index (χ4v) is 2.24. The van der Waals surface area contributed by atoms with Crippen LogP contribution in [0.1, 0.15) is 25.0 Å². The Hall–Kier alpha value is -1.55. The molecule has 0 aromatic heterocycles. The second kappa shape index (κ2) is 7.14. The van der Waals surface area contributed by atoms with Gasteiger partial charge in [0.25, 0.3) is 0 Å². The Labute approximate surface area is 116 Å². The Morgan fingerprint density at radius 3 is 2.37 bits per heavy atom. The van der Waals surface area contributed by atoms with Gasteiger partial charge in [0.05, 0.1) is 6.54 Å². The van der Waals surface area contributed by atoms with Gasteiger partial charge in [-0.3, -0.25) is 4.79 Å². The SMILES string of the molecule is CCN(CC)C(=O)CN(C)c1ccc(CN)cc1C. The van der Waals surface area contributed by atoms with Crippen LogP contribution in [0, 0.1) is 6.92 Å². The number of carbonyl (C=O) groups excluding carboxylic acids is 1. The molecule has 0 aliphatic rings. The summed E-state index contributed by atoms with van der Waals surface area (Å²) in [5.41, 5.74) is 8.97. The Balaban J connectivity index is 2.78. The number of nitrogens with zero attached hydrogens (tertiary/aromatic N) is 2. The summed E-state index contributed by atoms with van der Waals surface area (Å²) < 4.78 is 0. The molecule has 0 unspecified atom stereocenters. The predicted molar refractivity (Wildman–Crippen MR) is 80.3 cm³/mol. The van der Waals surface area contributed by atoms with Crippen LogP contribution in [-0.4, -0.2) is 37.5 Å². The van der Waals surface area contributed by atoms with Crippen LogP contribution in [0.4, 0.5) is 5.69 Å². The minimum absolute atomic E-state index is 0.162. The molecule has 4 heteroatoms. The Morgan fingerprint density at radius 2 is 1.89 bits per heavy atom. The Kier molecular flexibility index (Phi) is 5.83. The molecule has 0 bridgehead atoms. The fraction of sp³-hybridized carbons (Fsp3) is 0.533. The van der Waals surface area contributed by atoms with Crippen molar-refractivity contribution in [2.75, 3.05) is 31.6 Å². The molecule has 4 nitrogen and oxygen atoms in total. The van der Waals surface area contributed by atoms with Gasteiger partial charge in [-0.05, 0) is 38.0 Å². The number of hydrogen-bond donors (Lipinski definition) is 1. The standard InChI is InChI=1S/C15H25N3O/c1-5-18(6-2)15(19)11-17(4)14-8-7-13(10-16)9-12(14)3/h7-9H,5-6,10-11,16H2,1-4H3. The zero-order valence-corrected chi connectivity index (χ0v) is 12.4. The van der Waals surface area contributed by atoms with Crippen molar-refractivity contribution in [3.8, 4) is 0 Å². The number of likely N-dealkylation sites (N-methyl/N-ethyl adjacent to an activating group) is 2. The van der Waals surface area contributed by atoms with Crippen molar-refractivity contribution in [2.45, 2.75) is 27.3 Å².